The van der Waals surface area contributed by atoms with E-state index in [4.69, 9.17) is 0 Å². The largest absolute Gasteiger partial charge is 0.272 e. The van der Waals surface area contributed by atoms with Crippen molar-refractivity contribution < 1.29 is 13.6 Å². The first-order valence-corrected chi connectivity index (χ1v) is 5.78. The molecule has 2 rings (SSSR count). The quantitative estimate of drug-likeness (QED) is 0.691. The van der Waals surface area contributed by atoms with Crippen LogP contribution >= 0.6 is 0 Å². The number of nitrogens with one attached hydrogen (secondary N) is 1. The predicted octanol–water partition coefficient (Wildman–Crippen LogP) is 2.51. The van der Waals surface area contributed by atoms with Gasteiger partial charge >= 0.3 is 0 Å². The highest BCUT2D eigenvalue weighted by Crippen LogP contribution is 2.10. The summed E-state index contributed by atoms with van der Waals surface area (Å²) in [5, 5.41) is 3.79. The number of hydrogen-bond donors (Lipinski definition) is 1. The van der Waals surface area contributed by atoms with Gasteiger partial charge in [0.2, 0.25) is 0 Å². The third-order valence-electron chi connectivity index (χ3n) is 2.57. The molecule has 0 bridgehead atoms. The number of carbonyl (C=O) groups is 1. The molecule has 1 N–H and O–H groups in total. The van der Waals surface area contributed by atoms with Crippen LogP contribution in [0.3, 0.4) is 0 Å². The van der Waals surface area contributed by atoms with Crippen LogP contribution in [0.25, 0.3) is 0 Å². The number of rotatable bonds is 3. The molecule has 2 aromatic rings. The Morgan fingerprint density at radius 1 is 1.30 bits per heavy atom. The third kappa shape index (κ3) is 3.23. The van der Waals surface area contributed by atoms with Crippen LogP contribution in [-0.2, 0) is 0 Å². The first kappa shape index (κ1) is 13.8. The van der Waals surface area contributed by atoms with Crippen LogP contribution in [0.15, 0.2) is 47.8 Å². The minimum absolute atomic E-state index is 0.123. The molecule has 0 aliphatic rings. The monoisotopic (exact) mass is 275 g/mol. The average molecular weight is 275 g/mol. The Balaban J connectivity index is 2.13. The van der Waals surface area contributed by atoms with Crippen LogP contribution in [0, 0.1) is 11.6 Å². The van der Waals surface area contributed by atoms with E-state index in [2.05, 4.69) is 15.5 Å². The van der Waals surface area contributed by atoms with E-state index in [0.29, 0.717) is 5.56 Å². The van der Waals surface area contributed by atoms with Crippen LogP contribution in [0.2, 0.25) is 0 Å². The van der Waals surface area contributed by atoms with Gasteiger partial charge in [-0.1, -0.05) is 0 Å². The fourth-order valence-electron chi connectivity index (χ4n) is 1.54. The van der Waals surface area contributed by atoms with E-state index >= 15 is 0 Å². The van der Waals surface area contributed by atoms with E-state index in [-0.39, 0.29) is 11.3 Å². The number of benzene rings is 1. The van der Waals surface area contributed by atoms with Crippen LogP contribution in [0.1, 0.15) is 22.8 Å². The van der Waals surface area contributed by atoms with Gasteiger partial charge in [0.1, 0.15) is 11.6 Å². The number of amides is 1. The molecule has 0 unspecified atom stereocenters. The minimum atomic E-state index is -0.734. The van der Waals surface area contributed by atoms with Crippen LogP contribution in [-0.4, -0.2) is 16.6 Å². The molecular weight excluding hydrogens is 264 g/mol. The molecule has 0 fully saturated rings. The maximum absolute atomic E-state index is 13.5. The number of hydrogen-bond acceptors (Lipinski definition) is 3. The smallest absolute Gasteiger partial charge is 0.267 e. The molecule has 0 aliphatic heterocycles. The molecule has 1 amide bonds. The number of halogens is 2. The molecule has 20 heavy (non-hydrogen) atoms. The van der Waals surface area contributed by atoms with E-state index in [0.717, 1.165) is 12.1 Å². The number of carbonyl (C=O) groups excluding carboxylic acids is 1. The van der Waals surface area contributed by atoms with Gasteiger partial charge in [-0.05, 0) is 31.2 Å². The van der Waals surface area contributed by atoms with Gasteiger partial charge in [-0.25, -0.2) is 14.2 Å². The van der Waals surface area contributed by atoms with Crippen LogP contribution in [0.5, 0.6) is 0 Å². The normalized spacial score (nSPS) is 11.2. The highest BCUT2D eigenvalue weighted by molar-refractivity contribution is 6.00. The number of hydrazone groups is 1. The lowest BCUT2D eigenvalue weighted by Crippen LogP contribution is -2.19. The maximum atomic E-state index is 13.5. The van der Waals surface area contributed by atoms with E-state index < -0.39 is 17.5 Å². The van der Waals surface area contributed by atoms with Crippen LogP contribution < -0.4 is 5.43 Å². The SMILES string of the molecule is C/C(=N\NC(=O)c1cccnc1)c1ccc(F)cc1F. The fraction of sp³-hybridized carbons (Fsp3) is 0.0714. The third-order valence-corrected chi connectivity index (χ3v) is 2.57. The Morgan fingerprint density at radius 3 is 2.75 bits per heavy atom. The van der Waals surface area contributed by atoms with Crippen molar-refractivity contribution in [3.63, 3.8) is 0 Å². The summed E-state index contributed by atoms with van der Waals surface area (Å²) in [6.07, 6.45) is 2.93. The van der Waals surface area contributed by atoms with Gasteiger partial charge in [0, 0.05) is 24.0 Å². The number of nitrogens with zero attached hydrogens (tertiary/aromatic N) is 2. The Morgan fingerprint density at radius 2 is 2.10 bits per heavy atom. The zero-order valence-corrected chi connectivity index (χ0v) is 10.6. The molecule has 0 atom stereocenters. The maximum Gasteiger partial charge on any atom is 0.272 e. The molecule has 0 saturated carbocycles. The minimum Gasteiger partial charge on any atom is -0.267 e. The average Bonchev–Trinajstić information content (AvgIpc) is 2.45. The summed E-state index contributed by atoms with van der Waals surface area (Å²) in [5.41, 5.74) is 2.98. The Kier molecular flexibility index (Phi) is 4.14. The zero-order chi connectivity index (χ0) is 14.5. The van der Waals surface area contributed by atoms with E-state index in [1.54, 1.807) is 18.3 Å². The van der Waals surface area contributed by atoms with Gasteiger partial charge in [0.25, 0.3) is 5.91 Å². The number of aromatic nitrogens is 1. The van der Waals surface area contributed by atoms with Gasteiger partial charge in [-0.15, -0.1) is 0 Å². The Hall–Kier alpha value is -2.63. The van der Waals surface area contributed by atoms with Gasteiger partial charge in [-0.2, -0.15) is 5.10 Å². The lowest BCUT2D eigenvalue weighted by Gasteiger charge is -2.04. The summed E-state index contributed by atoms with van der Waals surface area (Å²) in [7, 11) is 0. The van der Waals surface area contributed by atoms with Gasteiger partial charge < -0.3 is 0 Å². The summed E-state index contributed by atoms with van der Waals surface area (Å²) in [5.74, 6) is -1.86. The second-order valence-corrected chi connectivity index (χ2v) is 4.00. The highest BCUT2D eigenvalue weighted by Gasteiger charge is 2.08. The van der Waals surface area contributed by atoms with Crippen molar-refractivity contribution in [2.24, 2.45) is 5.10 Å². The summed E-state index contributed by atoms with van der Waals surface area (Å²) >= 11 is 0. The van der Waals surface area contributed by atoms with Gasteiger partial charge in [-0.3, -0.25) is 9.78 Å². The second-order valence-electron chi connectivity index (χ2n) is 4.00. The second kappa shape index (κ2) is 6.01. The summed E-state index contributed by atoms with van der Waals surface area (Å²) in [6.45, 7) is 1.51. The van der Waals surface area contributed by atoms with Crippen molar-refractivity contribution in [3.8, 4) is 0 Å². The lowest BCUT2D eigenvalue weighted by atomic mass is 10.1. The predicted molar refractivity (Wildman–Crippen MR) is 70.3 cm³/mol. The molecule has 4 nitrogen and oxygen atoms in total. The van der Waals surface area contributed by atoms with E-state index in [1.165, 1.54) is 19.2 Å². The van der Waals surface area contributed by atoms with Gasteiger partial charge in [0.05, 0.1) is 11.3 Å². The van der Waals surface area contributed by atoms with Crippen molar-refractivity contribution in [3.05, 3.63) is 65.5 Å². The molecule has 1 aromatic heterocycles. The van der Waals surface area contributed by atoms with Crippen molar-refractivity contribution in [1.29, 1.82) is 0 Å². The Labute approximate surface area is 114 Å². The van der Waals surface area contributed by atoms with E-state index in [9.17, 15) is 13.6 Å². The van der Waals surface area contributed by atoms with Crippen molar-refractivity contribution in [1.82, 2.24) is 10.4 Å². The molecule has 6 heteroatoms. The molecule has 0 radical (unpaired) electrons. The molecule has 1 heterocycles. The molecule has 0 saturated heterocycles. The Bertz CT molecular complexity index is 657. The highest BCUT2D eigenvalue weighted by atomic mass is 19.1. The first-order valence-electron chi connectivity index (χ1n) is 5.78. The standard InChI is InChI=1S/C14H11F2N3O/c1-9(12-5-4-11(15)7-13(12)16)18-19-14(20)10-3-2-6-17-8-10/h2-8H,1H3,(H,19,20)/b18-9+. The molecule has 102 valence electrons. The molecular formula is C14H11F2N3O. The van der Waals surface area contributed by atoms with Crippen LogP contribution in [0.4, 0.5) is 8.78 Å². The lowest BCUT2D eigenvalue weighted by molar-refractivity contribution is 0.0954. The van der Waals surface area contributed by atoms with Crippen molar-refractivity contribution >= 4 is 11.6 Å². The molecule has 1 aromatic carbocycles. The zero-order valence-electron chi connectivity index (χ0n) is 10.6. The van der Waals surface area contributed by atoms with Crippen molar-refractivity contribution in [2.75, 3.05) is 0 Å². The number of pyridine rings is 1. The van der Waals surface area contributed by atoms with E-state index in [1.807, 2.05) is 0 Å². The first-order chi connectivity index (χ1) is 9.58. The summed E-state index contributed by atoms with van der Waals surface area (Å²) in [4.78, 5) is 15.5. The molecule has 0 spiro atoms. The molecule has 0 aliphatic carbocycles. The fourth-order valence-corrected chi connectivity index (χ4v) is 1.54. The summed E-state index contributed by atoms with van der Waals surface area (Å²) < 4.78 is 26.3. The summed E-state index contributed by atoms with van der Waals surface area (Å²) in [6, 6.07) is 6.34. The van der Waals surface area contributed by atoms with Gasteiger partial charge in [0.15, 0.2) is 0 Å². The topological polar surface area (TPSA) is 54.4 Å². The van der Waals surface area contributed by atoms with Crippen molar-refractivity contribution in [2.45, 2.75) is 6.92 Å².